The minimum atomic E-state index is -0.342. The topological polar surface area (TPSA) is 113 Å². The number of hydrogen-bond acceptors (Lipinski definition) is 5. The Morgan fingerprint density at radius 1 is 1.27 bits per heavy atom. The molecule has 0 bridgehead atoms. The Morgan fingerprint density at radius 3 is 2.53 bits per heavy atom. The number of nitriles is 1. The monoisotopic (exact) mass is 529 g/mol. The lowest BCUT2D eigenvalue weighted by Crippen LogP contribution is -2.38. The molecule has 164 valence electrons. The molecule has 0 saturated carbocycles. The van der Waals surface area contributed by atoms with Crippen molar-refractivity contribution in [3.8, 4) is 11.8 Å². The van der Waals surface area contributed by atoms with Crippen LogP contribution < -0.4 is 16.4 Å². The maximum Gasteiger partial charge on any atom is 0.190 e. The Hall–Kier alpha value is -2.39. The fraction of sp³-hybridized carbons (Fsp3) is 0.450. The summed E-state index contributed by atoms with van der Waals surface area (Å²) in [4.78, 5) is 4.18. The largest absolute Gasteiger partial charge is 0.382 e. The van der Waals surface area contributed by atoms with Gasteiger partial charge in [-0.2, -0.15) is 10.4 Å². The van der Waals surface area contributed by atoms with E-state index in [1.54, 1.807) is 19.2 Å². The van der Waals surface area contributed by atoms with Gasteiger partial charge in [0.2, 0.25) is 0 Å². The van der Waals surface area contributed by atoms with Crippen LogP contribution in [0.3, 0.4) is 0 Å². The van der Waals surface area contributed by atoms with Gasteiger partial charge < -0.3 is 21.1 Å². The van der Waals surface area contributed by atoms with E-state index in [9.17, 15) is 9.65 Å². The smallest absolute Gasteiger partial charge is 0.190 e. The van der Waals surface area contributed by atoms with Gasteiger partial charge in [-0.05, 0) is 50.5 Å². The molecule has 0 fully saturated rings. The van der Waals surface area contributed by atoms with Crippen LogP contribution in [0.15, 0.2) is 29.3 Å². The highest BCUT2D eigenvalue weighted by atomic mass is 127. The second kappa shape index (κ2) is 13.8. The number of anilines is 1. The third kappa shape index (κ3) is 7.46. The van der Waals surface area contributed by atoms with Crippen LogP contribution in [0.25, 0.3) is 5.69 Å². The first kappa shape index (κ1) is 25.6. The molecule has 0 aliphatic rings. The molecule has 0 amide bonds. The van der Waals surface area contributed by atoms with Crippen LogP contribution in [0.4, 0.5) is 10.2 Å². The third-order valence-corrected chi connectivity index (χ3v) is 4.25. The van der Waals surface area contributed by atoms with Crippen molar-refractivity contribution in [1.82, 2.24) is 20.4 Å². The van der Waals surface area contributed by atoms with Crippen LogP contribution in [0.1, 0.15) is 31.0 Å². The number of hydrogen-bond donors (Lipinski definition) is 3. The van der Waals surface area contributed by atoms with Crippen molar-refractivity contribution in [3.63, 3.8) is 0 Å². The lowest BCUT2D eigenvalue weighted by atomic mass is 10.1. The highest BCUT2D eigenvalue weighted by Crippen LogP contribution is 2.21. The number of nitrogens with one attached hydrogen (secondary N) is 2. The van der Waals surface area contributed by atoms with E-state index in [1.165, 1.54) is 16.8 Å². The van der Waals surface area contributed by atoms with Crippen LogP contribution in [0, 0.1) is 17.1 Å². The van der Waals surface area contributed by atoms with E-state index in [2.05, 4.69) is 26.8 Å². The molecule has 0 saturated heterocycles. The zero-order chi connectivity index (χ0) is 21.1. The Morgan fingerprint density at radius 2 is 1.93 bits per heavy atom. The number of aryl methyl sites for hydroxylation is 1. The molecular weight excluding hydrogens is 500 g/mol. The van der Waals surface area contributed by atoms with Gasteiger partial charge >= 0.3 is 0 Å². The van der Waals surface area contributed by atoms with Crippen molar-refractivity contribution in [2.75, 3.05) is 39.1 Å². The van der Waals surface area contributed by atoms with Gasteiger partial charge in [-0.15, -0.1) is 24.0 Å². The average Bonchev–Trinajstić information content (AvgIpc) is 3.05. The standard InChI is InChI=1S/C20H28FN7O.HI/c1-3-29-13-5-12-26-20(24-2)25-11-4-6-18-17(14-22)19(23)28(27-18)16-9-7-15(21)8-10-16;/h7-10H,3-6,11-13,23H2,1-2H3,(H2,24,25,26);1H. The molecule has 2 rings (SSSR count). The van der Waals surface area contributed by atoms with E-state index in [4.69, 9.17) is 10.5 Å². The molecule has 8 nitrogen and oxygen atoms in total. The Bertz CT molecular complexity index is 846. The van der Waals surface area contributed by atoms with Crippen LogP contribution in [-0.2, 0) is 11.2 Å². The second-order valence-electron chi connectivity index (χ2n) is 6.29. The summed E-state index contributed by atoms with van der Waals surface area (Å²) in [5, 5.41) is 20.4. The van der Waals surface area contributed by atoms with Crippen LogP contribution in [-0.4, -0.2) is 49.1 Å². The van der Waals surface area contributed by atoms with Gasteiger partial charge in [-0.25, -0.2) is 9.07 Å². The zero-order valence-electron chi connectivity index (χ0n) is 17.3. The predicted octanol–water partition coefficient (Wildman–Crippen LogP) is 2.61. The van der Waals surface area contributed by atoms with Gasteiger partial charge in [0.05, 0.1) is 11.4 Å². The van der Waals surface area contributed by atoms with Gasteiger partial charge in [0.15, 0.2) is 5.96 Å². The fourth-order valence-corrected chi connectivity index (χ4v) is 2.76. The molecule has 4 N–H and O–H groups in total. The normalized spacial score (nSPS) is 10.9. The fourth-order valence-electron chi connectivity index (χ4n) is 2.76. The first-order chi connectivity index (χ1) is 14.1. The third-order valence-electron chi connectivity index (χ3n) is 4.25. The summed E-state index contributed by atoms with van der Waals surface area (Å²) in [5.74, 6) is 0.637. The summed E-state index contributed by atoms with van der Waals surface area (Å²) in [6, 6.07) is 7.94. The highest BCUT2D eigenvalue weighted by Gasteiger charge is 2.16. The number of nitrogen functional groups attached to an aromatic ring is 1. The maximum absolute atomic E-state index is 13.1. The minimum absolute atomic E-state index is 0. The molecule has 0 aliphatic carbocycles. The first-order valence-corrected chi connectivity index (χ1v) is 9.66. The van der Waals surface area contributed by atoms with Gasteiger partial charge in [0.25, 0.3) is 0 Å². The van der Waals surface area contributed by atoms with Gasteiger partial charge in [-0.1, -0.05) is 0 Å². The number of benzene rings is 1. The van der Waals surface area contributed by atoms with Gasteiger partial charge in [-0.3, -0.25) is 4.99 Å². The van der Waals surface area contributed by atoms with Crippen LogP contribution >= 0.6 is 24.0 Å². The Kier molecular flexibility index (Phi) is 11.8. The van der Waals surface area contributed by atoms with Crippen molar-refractivity contribution in [2.45, 2.75) is 26.2 Å². The lowest BCUT2D eigenvalue weighted by molar-refractivity contribution is 0.145. The summed E-state index contributed by atoms with van der Waals surface area (Å²) in [5.41, 5.74) is 7.67. The zero-order valence-corrected chi connectivity index (χ0v) is 19.7. The first-order valence-electron chi connectivity index (χ1n) is 9.66. The number of halogens is 2. The van der Waals surface area contributed by atoms with Gasteiger partial charge in [0, 0.05) is 33.4 Å². The summed E-state index contributed by atoms with van der Waals surface area (Å²) in [6.45, 7) is 4.85. The van der Waals surface area contributed by atoms with Crippen molar-refractivity contribution in [2.24, 2.45) is 4.99 Å². The maximum atomic E-state index is 13.1. The molecule has 0 unspecified atom stereocenters. The number of nitrogens with two attached hydrogens (primary N) is 1. The second-order valence-corrected chi connectivity index (χ2v) is 6.29. The lowest BCUT2D eigenvalue weighted by Gasteiger charge is -2.11. The molecule has 0 aliphatic heterocycles. The molecule has 0 radical (unpaired) electrons. The van der Waals surface area contributed by atoms with E-state index in [0.717, 1.165) is 38.6 Å². The number of ether oxygens (including phenoxy) is 1. The number of nitrogens with zero attached hydrogens (tertiary/aromatic N) is 4. The van der Waals surface area contributed by atoms with Crippen molar-refractivity contribution >= 4 is 35.8 Å². The van der Waals surface area contributed by atoms with Crippen molar-refractivity contribution in [3.05, 3.63) is 41.3 Å². The van der Waals surface area contributed by atoms with E-state index in [1.807, 2.05) is 6.92 Å². The highest BCUT2D eigenvalue weighted by molar-refractivity contribution is 14.0. The Balaban J connectivity index is 0.00000450. The quantitative estimate of drug-likeness (QED) is 0.189. The summed E-state index contributed by atoms with van der Waals surface area (Å²) in [7, 11) is 1.72. The number of rotatable bonds is 10. The number of aromatic nitrogens is 2. The molecule has 0 atom stereocenters. The molecule has 30 heavy (non-hydrogen) atoms. The van der Waals surface area contributed by atoms with E-state index in [-0.39, 0.29) is 35.6 Å². The van der Waals surface area contributed by atoms with E-state index >= 15 is 0 Å². The van der Waals surface area contributed by atoms with E-state index < -0.39 is 0 Å². The molecule has 2 aromatic rings. The average molecular weight is 529 g/mol. The Labute approximate surface area is 193 Å². The summed E-state index contributed by atoms with van der Waals surface area (Å²) >= 11 is 0. The van der Waals surface area contributed by atoms with Crippen molar-refractivity contribution < 1.29 is 9.13 Å². The van der Waals surface area contributed by atoms with E-state index in [0.29, 0.717) is 29.9 Å². The molecule has 1 aromatic carbocycles. The summed E-state index contributed by atoms with van der Waals surface area (Å²) in [6.07, 6.45) is 2.23. The summed E-state index contributed by atoms with van der Waals surface area (Å²) < 4.78 is 19.9. The number of guanidine groups is 1. The molecule has 10 heteroatoms. The molecule has 1 heterocycles. The van der Waals surface area contributed by atoms with Crippen molar-refractivity contribution in [1.29, 1.82) is 5.26 Å². The predicted molar refractivity (Wildman–Crippen MR) is 127 cm³/mol. The van der Waals surface area contributed by atoms with Crippen LogP contribution in [0.2, 0.25) is 0 Å². The molecule has 1 aromatic heterocycles. The SMILES string of the molecule is CCOCCCNC(=NC)NCCCc1nn(-c2ccc(F)cc2)c(N)c1C#N.I. The molecular formula is C20H29FIN7O. The number of aliphatic imine (C=N–C) groups is 1. The molecule has 0 spiro atoms. The minimum Gasteiger partial charge on any atom is -0.382 e. The van der Waals surface area contributed by atoms with Crippen LogP contribution in [0.5, 0.6) is 0 Å². The van der Waals surface area contributed by atoms with Gasteiger partial charge in [0.1, 0.15) is 23.3 Å².